The highest BCUT2D eigenvalue weighted by Gasteiger charge is 2.21. The molecule has 0 radical (unpaired) electrons. The Morgan fingerprint density at radius 3 is 2.36 bits per heavy atom. The van der Waals surface area contributed by atoms with Crippen LogP contribution in [0.4, 0.5) is 4.79 Å². The van der Waals surface area contributed by atoms with Crippen LogP contribution in [0, 0.1) is 0 Å². The van der Waals surface area contributed by atoms with Crippen molar-refractivity contribution in [1.29, 1.82) is 0 Å². The number of amides is 1. The third-order valence-electron chi connectivity index (χ3n) is 2.80. The van der Waals surface area contributed by atoms with Gasteiger partial charge in [-0.25, -0.2) is 4.79 Å². The highest BCUT2D eigenvalue weighted by Crippen LogP contribution is 2.10. The summed E-state index contributed by atoms with van der Waals surface area (Å²) in [6, 6.07) is 0.298. The molecule has 22 heavy (non-hydrogen) atoms. The molecule has 0 rings (SSSR count). The summed E-state index contributed by atoms with van der Waals surface area (Å²) in [5.41, 5.74) is 5.31. The fourth-order valence-corrected chi connectivity index (χ4v) is 1.58. The van der Waals surface area contributed by atoms with Crippen LogP contribution in [0.1, 0.15) is 54.4 Å². The van der Waals surface area contributed by atoms with Crippen LogP contribution in [0.3, 0.4) is 0 Å². The normalized spacial score (nSPS) is 13.1. The lowest BCUT2D eigenvalue weighted by Gasteiger charge is -2.26. The van der Waals surface area contributed by atoms with Crippen LogP contribution >= 0.6 is 24.0 Å². The van der Waals surface area contributed by atoms with Gasteiger partial charge in [-0.1, -0.05) is 13.8 Å². The molecule has 0 aliphatic carbocycles. The van der Waals surface area contributed by atoms with Gasteiger partial charge >= 0.3 is 6.09 Å². The SMILES string of the molecule is CCCN(CCN=C(N)NC(C)CC)C(=O)OC(C)(C)C.I. The lowest BCUT2D eigenvalue weighted by Crippen LogP contribution is -2.40. The number of carbonyl (C=O) groups excluding carboxylic acids is 1. The predicted molar refractivity (Wildman–Crippen MR) is 103 cm³/mol. The smallest absolute Gasteiger partial charge is 0.410 e. The molecule has 0 aromatic rings. The molecule has 0 spiro atoms. The van der Waals surface area contributed by atoms with E-state index in [1.54, 1.807) is 4.90 Å². The Kier molecular flexibility index (Phi) is 12.6. The van der Waals surface area contributed by atoms with Crippen LogP contribution in [-0.2, 0) is 4.74 Å². The van der Waals surface area contributed by atoms with Crippen molar-refractivity contribution in [3.8, 4) is 0 Å². The fraction of sp³-hybridized carbons (Fsp3) is 0.867. The molecule has 0 aliphatic rings. The average molecular weight is 428 g/mol. The second kappa shape index (κ2) is 11.8. The van der Waals surface area contributed by atoms with Gasteiger partial charge in [-0.15, -0.1) is 24.0 Å². The first-order valence-electron chi connectivity index (χ1n) is 7.74. The van der Waals surface area contributed by atoms with Gasteiger partial charge in [-0.3, -0.25) is 4.99 Å². The van der Waals surface area contributed by atoms with Gasteiger partial charge in [0.05, 0.1) is 6.54 Å². The Hall–Kier alpha value is -0.730. The fourth-order valence-electron chi connectivity index (χ4n) is 1.58. The quantitative estimate of drug-likeness (QED) is 0.371. The van der Waals surface area contributed by atoms with E-state index in [-0.39, 0.29) is 30.1 Å². The van der Waals surface area contributed by atoms with E-state index in [4.69, 9.17) is 10.5 Å². The van der Waals surface area contributed by atoms with Crippen molar-refractivity contribution in [3.05, 3.63) is 0 Å². The first kappa shape index (κ1) is 23.5. The number of guanidine groups is 1. The Labute approximate surface area is 152 Å². The van der Waals surface area contributed by atoms with E-state index in [1.807, 2.05) is 34.6 Å². The van der Waals surface area contributed by atoms with Gasteiger partial charge in [-0.05, 0) is 40.5 Å². The highest BCUT2D eigenvalue weighted by atomic mass is 127. The molecule has 3 N–H and O–H groups in total. The Morgan fingerprint density at radius 2 is 1.91 bits per heavy atom. The Balaban J connectivity index is 0. The van der Waals surface area contributed by atoms with Gasteiger partial charge in [0.25, 0.3) is 0 Å². The molecule has 0 aromatic carbocycles. The zero-order valence-electron chi connectivity index (χ0n) is 14.8. The molecule has 0 bridgehead atoms. The number of hydrogen-bond donors (Lipinski definition) is 2. The van der Waals surface area contributed by atoms with Crippen LogP contribution in [0.15, 0.2) is 4.99 Å². The molecular formula is C15H33IN4O2. The van der Waals surface area contributed by atoms with Gasteiger partial charge in [0.1, 0.15) is 5.60 Å². The number of nitrogens with zero attached hydrogens (tertiary/aromatic N) is 2. The van der Waals surface area contributed by atoms with Crippen molar-refractivity contribution in [2.75, 3.05) is 19.6 Å². The van der Waals surface area contributed by atoms with Gasteiger partial charge in [0, 0.05) is 19.1 Å². The lowest BCUT2D eigenvalue weighted by molar-refractivity contribution is 0.0256. The molecule has 0 saturated heterocycles. The van der Waals surface area contributed by atoms with E-state index in [1.165, 1.54) is 0 Å². The van der Waals surface area contributed by atoms with Crippen LogP contribution < -0.4 is 11.1 Å². The summed E-state index contributed by atoms with van der Waals surface area (Å²) in [5.74, 6) is 0.421. The maximum atomic E-state index is 12.1. The number of nitrogens with two attached hydrogens (primary N) is 1. The summed E-state index contributed by atoms with van der Waals surface area (Å²) in [4.78, 5) is 18.0. The predicted octanol–water partition coefficient (Wildman–Crippen LogP) is 2.95. The molecule has 1 amide bonds. The summed E-state index contributed by atoms with van der Waals surface area (Å²) in [7, 11) is 0. The van der Waals surface area contributed by atoms with Crippen molar-refractivity contribution in [2.24, 2.45) is 10.7 Å². The summed E-state index contributed by atoms with van der Waals surface area (Å²) < 4.78 is 5.38. The van der Waals surface area contributed by atoms with Crippen LogP contribution in [0.5, 0.6) is 0 Å². The molecule has 0 aromatic heterocycles. The van der Waals surface area contributed by atoms with E-state index in [0.29, 0.717) is 31.6 Å². The average Bonchev–Trinajstić information content (AvgIpc) is 2.35. The maximum absolute atomic E-state index is 12.1. The van der Waals surface area contributed by atoms with Crippen LogP contribution in [-0.4, -0.2) is 48.2 Å². The Bertz CT molecular complexity index is 343. The molecule has 1 unspecified atom stereocenters. The second-order valence-electron chi connectivity index (χ2n) is 6.19. The molecule has 6 nitrogen and oxygen atoms in total. The van der Waals surface area contributed by atoms with Crippen molar-refractivity contribution < 1.29 is 9.53 Å². The first-order chi connectivity index (χ1) is 9.69. The molecule has 1 atom stereocenters. The topological polar surface area (TPSA) is 80.0 Å². The summed E-state index contributed by atoms with van der Waals surface area (Å²) >= 11 is 0. The third kappa shape index (κ3) is 11.9. The Morgan fingerprint density at radius 1 is 1.32 bits per heavy atom. The number of hydrogen-bond acceptors (Lipinski definition) is 3. The minimum absolute atomic E-state index is 0. The van der Waals surface area contributed by atoms with E-state index < -0.39 is 5.60 Å². The van der Waals surface area contributed by atoms with Crippen LogP contribution in [0.25, 0.3) is 0 Å². The minimum Gasteiger partial charge on any atom is -0.444 e. The first-order valence-corrected chi connectivity index (χ1v) is 7.74. The van der Waals surface area contributed by atoms with Crippen molar-refractivity contribution in [1.82, 2.24) is 10.2 Å². The van der Waals surface area contributed by atoms with E-state index in [0.717, 1.165) is 12.8 Å². The number of aliphatic imine (C=N–C) groups is 1. The molecule has 7 heteroatoms. The van der Waals surface area contributed by atoms with Gasteiger partial charge in [-0.2, -0.15) is 0 Å². The highest BCUT2D eigenvalue weighted by molar-refractivity contribution is 14.0. The van der Waals surface area contributed by atoms with Crippen molar-refractivity contribution >= 4 is 36.0 Å². The molecule has 0 fully saturated rings. The number of rotatable bonds is 7. The second-order valence-corrected chi connectivity index (χ2v) is 6.19. The summed E-state index contributed by atoms with van der Waals surface area (Å²) in [6.07, 6.45) is 1.56. The third-order valence-corrected chi connectivity index (χ3v) is 2.80. The van der Waals surface area contributed by atoms with Gasteiger partial charge in [0.15, 0.2) is 5.96 Å². The zero-order chi connectivity index (χ0) is 16.5. The maximum Gasteiger partial charge on any atom is 0.410 e. The van der Waals surface area contributed by atoms with Crippen molar-refractivity contribution in [3.63, 3.8) is 0 Å². The number of ether oxygens (including phenoxy) is 1. The van der Waals surface area contributed by atoms with Crippen molar-refractivity contribution in [2.45, 2.75) is 66.0 Å². The number of carbonyl (C=O) groups is 1. The summed E-state index contributed by atoms with van der Waals surface area (Å²) in [6.45, 7) is 13.4. The monoisotopic (exact) mass is 428 g/mol. The zero-order valence-corrected chi connectivity index (χ0v) is 17.1. The summed E-state index contributed by atoms with van der Waals surface area (Å²) in [5, 5.41) is 3.10. The van der Waals surface area contributed by atoms with Gasteiger partial charge < -0.3 is 20.7 Å². The minimum atomic E-state index is -0.483. The van der Waals surface area contributed by atoms with E-state index in [2.05, 4.69) is 17.2 Å². The van der Waals surface area contributed by atoms with E-state index >= 15 is 0 Å². The van der Waals surface area contributed by atoms with Crippen LogP contribution in [0.2, 0.25) is 0 Å². The molecular weight excluding hydrogens is 395 g/mol. The van der Waals surface area contributed by atoms with Gasteiger partial charge in [0.2, 0.25) is 0 Å². The number of nitrogens with one attached hydrogen (secondary N) is 1. The molecule has 0 aliphatic heterocycles. The van der Waals surface area contributed by atoms with E-state index in [9.17, 15) is 4.79 Å². The standard InChI is InChI=1S/C15H32N4O2.HI/c1-7-10-19(14(20)21-15(4,5)6)11-9-17-13(16)18-12(3)8-2;/h12H,7-11H2,1-6H3,(H3,16,17,18);1H. The lowest BCUT2D eigenvalue weighted by atomic mass is 10.2. The molecule has 132 valence electrons. The molecule has 0 saturated carbocycles. The number of halogens is 1. The largest absolute Gasteiger partial charge is 0.444 e. The molecule has 0 heterocycles.